The molecule has 0 aliphatic carbocycles. The molecule has 0 radical (unpaired) electrons. The Morgan fingerprint density at radius 1 is 1.52 bits per heavy atom. The summed E-state index contributed by atoms with van der Waals surface area (Å²) in [5, 5.41) is 12.4. The van der Waals surface area contributed by atoms with E-state index in [1.165, 1.54) is 6.92 Å². The Labute approximate surface area is 152 Å². The van der Waals surface area contributed by atoms with Gasteiger partial charge in [0.05, 0.1) is 6.61 Å². The van der Waals surface area contributed by atoms with Crippen molar-refractivity contribution in [3.8, 4) is 6.07 Å². The average Bonchev–Trinajstić information content (AvgIpc) is 2.80. The SMILES string of the molecule is CCOC(=O)C1=C(C)OC(N)=C(C#N)[C@]12C(=O)Nc1cc(Br)ccc12. The summed E-state index contributed by atoms with van der Waals surface area (Å²) in [5.41, 5.74) is 4.94. The number of nitrogens with two attached hydrogens (primary N) is 1. The van der Waals surface area contributed by atoms with Crippen molar-refractivity contribution in [3.63, 3.8) is 0 Å². The molecule has 25 heavy (non-hydrogen) atoms. The van der Waals surface area contributed by atoms with E-state index >= 15 is 0 Å². The van der Waals surface area contributed by atoms with Crippen molar-refractivity contribution in [2.24, 2.45) is 5.73 Å². The number of carbonyl (C=O) groups excluding carboxylic acids is 2. The lowest BCUT2D eigenvalue weighted by Crippen LogP contribution is -2.45. The van der Waals surface area contributed by atoms with Crippen LogP contribution in [0, 0.1) is 11.3 Å². The van der Waals surface area contributed by atoms with Crippen LogP contribution in [0.2, 0.25) is 0 Å². The highest BCUT2D eigenvalue weighted by molar-refractivity contribution is 9.10. The van der Waals surface area contributed by atoms with Gasteiger partial charge in [-0.05, 0) is 26.0 Å². The highest BCUT2D eigenvalue weighted by Crippen LogP contribution is 2.52. The number of nitrogens with zero attached hydrogens (tertiary/aromatic N) is 1. The van der Waals surface area contributed by atoms with Gasteiger partial charge in [0.25, 0.3) is 0 Å². The Morgan fingerprint density at radius 2 is 2.24 bits per heavy atom. The molecule has 0 fully saturated rings. The monoisotopic (exact) mass is 403 g/mol. The molecule has 0 saturated heterocycles. The predicted octanol–water partition coefficient (Wildman–Crippen LogP) is 2.20. The van der Waals surface area contributed by atoms with Gasteiger partial charge in [-0.3, -0.25) is 4.79 Å². The van der Waals surface area contributed by atoms with E-state index in [2.05, 4.69) is 21.2 Å². The van der Waals surface area contributed by atoms with Crippen LogP contribution in [0.5, 0.6) is 0 Å². The Hall–Kier alpha value is -2.79. The van der Waals surface area contributed by atoms with Crippen LogP contribution >= 0.6 is 15.9 Å². The van der Waals surface area contributed by atoms with E-state index in [0.29, 0.717) is 11.3 Å². The largest absolute Gasteiger partial charge is 0.462 e. The van der Waals surface area contributed by atoms with Crippen molar-refractivity contribution < 1.29 is 19.1 Å². The molecule has 8 heteroatoms. The number of carbonyl (C=O) groups is 2. The van der Waals surface area contributed by atoms with Gasteiger partial charge in [-0.25, -0.2) is 4.79 Å². The van der Waals surface area contributed by atoms with Crippen LogP contribution in [-0.2, 0) is 24.5 Å². The molecule has 1 atom stereocenters. The minimum absolute atomic E-state index is 0.0429. The molecule has 1 amide bonds. The second-order valence-corrected chi connectivity index (χ2v) is 6.41. The number of hydrogen-bond acceptors (Lipinski definition) is 6. The minimum atomic E-state index is -1.69. The number of amides is 1. The van der Waals surface area contributed by atoms with Crippen molar-refractivity contribution in [2.75, 3.05) is 11.9 Å². The number of esters is 1. The molecular formula is C17H14BrN3O4. The number of halogens is 1. The number of rotatable bonds is 2. The van der Waals surface area contributed by atoms with E-state index in [4.69, 9.17) is 15.2 Å². The molecule has 128 valence electrons. The van der Waals surface area contributed by atoms with Crippen LogP contribution in [0.1, 0.15) is 19.4 Å². The molecule has 2 heterocycles. The molecule has 3 N–H and O–H groups in total. The van der Waals surface area contributed by atoms with Gasteiger partial charge in [0.15, 0.2) is 5.41 Å². The third-order valence-corrected chi connectivity index (χ3v) is 4.67. The summed E-state index contributed by atoms with van der Waals surface area (Å²) in [4.78, 5) is 25.7. The molecule has 1 aromatic rings. The molecule has 7 nitrogen and oxygen atoms in total. The van der Waals surface area contributed by atoms with Gasteiger partial charge in [0.1, 0.15) is 23.0 Å². The number of ether oxygens (including phenoxy) is 2. The van der Waals surface area contributed by atoms with Gasteiger partial charge in [-0.1, -0.05) is 22.0 Å². The van der Waals surface area contributed by atoms with Gasteiger partial charge < -0.3 is 20.5 Å². The molecule has 0 unspecified atom stereocenters. The van der Waals surface area contributed by atoms with Gasteiger partial charge in [0.2, 0.25) is 11.8 Å². The first-order chi connectivity index (χ1) is 11.9. The average molecular weight is 404 g/mol. The van der Waals surface area contributed by atoms with Gasteiger partial charge in [0, 0.05) is 15.7 Å². The second kappa shape index (κ2) is 5.93. The molecular weight excluding hydrogens is 390 g/mol. The smallest absolute Gasteiger partial charge is 0.339 e. The van der Waals surface area contributed by atoms with Crippen LogP contribution in [-0.4, -0.2) is 18.5 Å². The fourth-order valence-electron chi connectivity index (χ4n) is 3.26. The molecule has 3 rings (SSSR count). The minimum Gasteiger partial charge on any atom is -0.462 e. The first-order valence-electron chi connectivity index (χ1n) is 7.46. The fourth-order valence-corrected chi connectivity index (χ4v) is 3.62. The Bertz CT molecular complexity index is 913. The van der Waals surface area contributed by atoms with Gasteiger partial charge >= 0.3 is 5.97 Å². The topological polar surface area (TPSA) is 114 Å². The van der Waals surface area contributed by atoms with E-state index in [1.807, 2.05) is 6.07 Å². The van der Waals surface area contributed by atoms with Gasteiger partial charge in [-0.2, -0.15) is 5.26 Å². The van der Waals surface area contributed by atoms with E-state index < -0.39 is 17.3 Å². The summed E-state index contributed by atoms with van der Waals surface area (Å²) >= 11 is 3.34. The number of fused-ring (bicyclic) bond motifs is 2. The molecule has 2 aliphatic heterocycles. The number of hydrogen-bond donors (Lipinski definition) is 2. The number of nitrogens with one attached hydrogen (secondary N) is 1. The summed E-state index contributed by atoms with van der Waals surface area (Å²) in [7, 11) is 0. The summed E-state index contributed by atoms with van der Waals surface area (Å²) in [5.74, 6) is -1.36. The van der Waals surface area contributed by atoms with Crippen molar-refractivity contribution in [2.45, 2.75) is 19.3 Å². The first-order valence-corrected chi connectivity index (χ1v) is 8.25. The maximum Gasteiger partial charge on any atom is 0.339 e. The van der Waals surface area contributed by atoms with Crippen molar-refractivity contribution in [1.82, 2.24) is 0 Å². The molecule has 2 aliphatic rings. The second-order valence-electron chi connectivity index (χ2n) is 5.50. The zero-order valence-electron chi connectivity index (χ0n) is 13.5. The molecule has 1 aromatic carbocycles. The van der Waals surface area contributed by atoms with E-state index in [9.17, 15) is 14.9 Å². The lowest BCUT2D eigenvalue weighted by molar-refractivity contribution is -0.140. The zero-order valence-corrected chi connectivity index (χ0v) is 15.1. The molecule has 0 aromatic heterocycles. The van der Waals surface area contributed by atoms with Crippen LogP contribution in [0.25, 0.3) is 0 Å². The Kier molecular flexibility index (Phi) is 4.05. The summed E-state index contributed by atoms with van der Waals surface area (Å²) in [6, 6.07) is 7.02. The highest BCUT2D eigenvalue weighted by atomic mass is 79.9. The van der Waals surface area contributed by atoms with Crippen LogP contribution in [0.15, 0.2) is 45.5 Å². The lowest BCUT2D eigenvalue weighted by Gasteiger charge is -2.33. The van der Waals surface area contributed by atoms with Crippen LogP contribution in [0.4, 0.5) is 5.69 Å². The van der Waals surface area contributed by atoms with Crippen LogP contribution in [0.3, 0.4) is 0 Å². The number of nitriles is 1. The molecule has 0 bridgehead atoms. The lowest BCUT2D eigenvalue weighted by atomic mass is 9.68. The summed E-state index contributed by atoms with van der Waals surface area (Å²) in [6.07, 6.45) is 0. The third-order valence-electron chi connectivity index (χ3n) is 4.18. The van der Waals surface area contributed by atoms with Crippen molar-refractivity contribution >= 4 is 33.5 Å². The zero-order chi connectivity index (χ0) is 18.4. The normalized spacial score (nSPS) is 21.6. The quantitative estimate of drug-likeness (QED) is 0.731. The Morgan fingerprint density at radius 3 is 2.88 bits per heavy atom. The highest BCUT2D eigenvalue weighted by Gasteiger charge is 2.59. The molecule has 0 saturated carbocycles. The first kappa shape index (κ1) is 17.0. The van der Waals surface area contributed by atoms with E-state index in [-0.39, 0.29) is 29.4 Å². The third kappa shape index (κ3) is 2.23. The number of anilines is 1. The predicted molar refractivity (Wildman–Crippen MR) is 91.7 cm³/mol. The Balaban J connectivity index is 2.39. The van der Waals surface area contributed by atoms with E-state index in [1.54, 1.807) is 25.1 Å². The number of allylic oxidation sites excluding steroid dienone is 1. The maximum atomic E-state index is 13.0. The van der Waals surface area contributed by atoms with Crippen molar-refractivity contribution in [1.29, 1.82) is 5.26 Å². The van der Waals surface area contributed by atoms with Crippen molar-refractivity contribution in [3.05, 3.63) is 51.0 Å². The summed E-state index contributed by atoms with van der Waals surface area (Å²) in [6.45, 7) is 3.28. The van der Waals surface area contributed by atoms with Gasteiger partial charge in [-0.15, -0.1) is 0 Å². The molecule has 1 spiro atoms. The fraction of sp³-hybridized carbons (Fsp3) is 0.235. The standard InChI is InChI=1S/C17H14BrN3O4/c1-3-24-15(22)13-8(2)25-14(20)11(7-19)17(13)10-5-4-9(18)6-12(10)21-16(17)23/h4-6H,3,20H2,1-2H3,(H,21,23)/t17-/m0/s1. The maximum absolute atomic E-state index is 13.0. The van der Waals surface area contributed by atoms with E-state index in [0.717, 1.165) is 4.47 Å². The van der Waals surface area contributed by atoms with Crippen LogP contribution < -0.4 is 11.1 Å². The summed E-state index contributed by atoms with van der Waals surface area (Å²) < 4.78 is 11.2. The number of benzene rings is 1.